The van der Waals surface area contributed by atoms with E-state index in [0.29, 0.717) is 25.1 Å². The molecule has 1 aromatic carbocycles. The smallest absolute Gasteiger partial charge is 0.318 e. The summed E-state index contributed by atoms with van der Waals surface area (Å²) in [4.78, 5) is 1.84. The maximum atomic E-state index is 5.79. The van der Waals surface area contributed by atoms with Crippen LogP contribution in [0.25, 0.3) is 0 Å². The molecule has 1 heterocycles. The van der Waals surface area contributed by atoms with Gasteiger partial charge in [-0.1, -0.05) is 17.2 Å². The summed E-state index contributed by atoms with van der Waals surface area (Å²) in [6, 6.07) is 6.62. The van der Waals surface area contributed by atoms with Gasteiger partial charge in [0.05, 0.1) is 13.1 Å². The molecule has 0 amide bonds. The molecule has 0 fully saturated rings. The predicted octanol–water partition coefficient (Wildman–Crippen LogP) is 1.66. The first-order valence-corrected chi connectivity index (χ1v) is 6.54. The number of aryl methyl sites for hydroxylation is 2. The van der Waals surface area contributed by atoms with Crippen molar-refractivity contribution in [3.63, 3.8) is 0 Å². The van der Waals surface area contributed by atoms with Crippen molar-refractivity contribution in [1.29, 1.82) is 0 Å². The number of hydrogen-bond donors (Lipinski definition) is 1. The Kier molecular flexibility index (Phi) is 4.57. The maximum Gasteiger partial charge on any atom is 0.318 e. The molecule has 20 heavy (non-hydrogen) atoms. The van der Waals surface area contributed by atoms with Crippen molar-refractivity contribution in [3.8, 4) is 5.75 Å². The highest BCUT2D eigenvalue weighted by atomic mass is 16.5. The van der Waals surface area contributed by atoms with E-state index in [2.05, 4.69) is 22.3 Å². The lowest BCUT2D eigenvalue weighted by Crippen LogP contribution is -2.24. The molecule has 0 unspecified atom stereocenters. The molecule has 0 saturated heterocycles. The van der Waals surface area contributed by atoms with Gasteiger partial charge in [0.1, 0.15) is 12.4 Å². The van der Waals surface area contributed by atoms with Gasteiger partial charge < -0.3 is 19.8 Å². The zero-order valence-corrected chi connectivity index (χ0v) is 12.1. The number of rotatable bonds is 6. The molecule has 0 bridgehead atoms. The predicted molar refractivity (Wildman–Crippen MR) is 76.9 cm³/mol. The Balaban J connectivity index is 1.87. The summed E-state index contributed by atoms with van der Waals surface area (Å²) in [6.45, 7) is 5.52. The zero-order valence-electron chi connectivity index (χ0n) is 12.1. The van der Waals surface area contributed by atoms with E-state index in [1.807, 2.05) is 31.9 Å². The lowest BCUT2D eigenvalue weighted by molar-refractivity contribution is 0.320. The van der Waals surface area contributed by atoms with E-state index in [0.717, 1.165) is 11.3 Å². The quantitative estimate of drug-likeness (QED) is 0.864. The Hall–Kier alpha value is -2.08. The molecule has 2 rings (SSSR count). The van der Waals surface area contributed by atoms with E-state index >= 15 is 0 Å². The first kappa shape index (κ1) is 14.3. The van der Waals surface area contributed by atoms with Crippen molar-refractivity contribution >= 4 is 6.01 Å². The Labute approximate surface area is 118 Å². The van der Waals surface area contributed by atoms with Crippen LogP contribution in [0.3, 0.4) is 0 Å². The molecule has 0 atom stereocenters. The van der Waals surface area contributed by atoms with E-state index in [4.69, 9.17) is 14.9 Å². The minimum Gasteiger partial charge on any atom is -0.491 e. The maximum absolute atomic E-state index is 5.79. The van der Waals surface area contributed by atoms with Crippen molar-refractivity contribution in [2.75, 3.05) is 25.1 Å². The molecule has 0 aliphatic carbocycles. The normalized spacial score (nSPS) is 10.6. The van der Waals surface area contributed by atoms with Gasteiger partial charge in [-0.25, -0.2) is 0 Å². The molecular weight excluding hydrogens is 256 g/mol. The van der Waals surface area contributed by atoms with Gasteiger partial charge >= 0.3 is 6.01 Å². The van der Waals surface area contributed by atoms with Crippen molar-refractivity contribution < 1.29 is 9.15 Å². The van der Waals surface area contributed by atoms with Gasteiger partial charge in [-0.3, -0.25) is 0 Å². The van der Waals surface area contributed by atoms with Gasteiger partial charge in [0.15, 0.2) is 0 Å². The Morgan fingerprint density at radius 2 is 2.10 bits per heavy atom. The molecule has 2 aromatic rings. The molecule has 2 N–H and O–H groups in total. The molecule has 6 nitrogen and oxygen atoms in total. The first-order valence-electron chi connectivity index (χ1n) is 6.54. The number of anilines is 1. The average molecular weight is 276 g/mol. The third kappa shape index (κ3) is 3.48. The fourth-order valence-corrected chi connectivity index (χ4v) is 1.73. The minimum absolute atomic E-state index is 0.250. The number of nitrogens with two attached hydrogens (primary N) is 1. The Morgan fingerprint density at radius 1 is 1.30 bits per heavy atom. The highest BCUT2D eigenvalue weighted by molar-refractivity contribution is 5.36. The van der Waals surface area contributed by atoms with Crippen molar-refractivity contribution in [2.24, 2.45) is 5.73 Å². The second-order valence-electron chi connectivity index (χ2n) is 4.72. The second-order valence-corrected chi connectivity index (χ2v) is 4.72. The standard InChI is InChI=1S/C14H20N4O2/c1-10-4-5-11(2)12(8-10)19-7-6-18(3)14-17-16-13(9-15)20-14/h4-5,8H,6-7,9,15H2,1-3H3. The van der Waals surface area contributed by atoms with Crippen LogP contribution in [0.4, 0.5) is 6.01 Å². The van der Waals surface area contributed by atoms with E-state index in [1.165, 1.54) is 5.56 Å². The molecule has 0 saturated carbocycles. The van der Waals surface area contributed by atoms with Gasteiger partial charge in [0.25, 0.3) is 0 Å². The minimum atomic E-state index is 0.250. The third-order valence-corrected chi connectivity index (χ3v) is 2.99. The van der Waals surface area contributed by atoms with Crippen LogP contribution in [-0.4, -0.2) is 30.4 Å². The Bertz CT molecular complexity index is 568. The zero-order chi connectivity index (χ0) is 14.5. The highest BCUT2D eigenvalue weighted by Gasteiger charge is 2.10. The molecule has 6 heteroatoms. The van der Waals surface area contributed by atoms with Crippen LogP contribution in [0.2, 0.25) is 0 Å². The van der Waals surface area contributed by atoms with Crippen LogP contribution in [0.15, 0.2) is 22.6 Å². The molecule has 0 aliphatic heterocycles. The molecule has 108 valence electrons. The summed E-state index contributed by atoms with van der Waals surface area (Å²) in [6.07, 6.45) is 0. The monoisotopic (exact) mass is 276 g/mol. The van der Waals surface area contributed by atoms with Gasteiger partial charge in [0, 0.05) is 7.05 Å². The number of hydrogen-bond acceptors (Lipinski definition) is 6. The number of likely N-dealkylation sites (N-methyl/N-ethyl adjacent to an activating group) is 1. The van der Waals surface area contributed by atoms with Crippen LogP contribution in [0.5, 0.6) is 5.75 Å². The highest BCUT2D eigenvalue weighted by Crippen LogP contribution is 2.19. The second kappa shape index (κ2) is 6.38. The number of nitrogens with zero attached hydrogens (tertiary/aromatic N) is 3. The first-order chi connectivity index (χ1) is 9.60. The Morgan fingerprint density at radius 3 is 2.80 bits per heavy atom. The summed E-state index contributed by atoms with van der Waals surface area (Å²) < 4.78 is 11.2. The van der Waals surface area contributed by atoms with Crippen molar-refractivity contribution in [2.45, 2.75) is 20.4 Å². The molecule has 0 spiro atoms. The number of benzene rings is 1. The van der Waals surface area contributed by atoms with Crippen molar-refractivity contribution in [3.05, 3.63) is 35.2 Å². The van der Waals surface area contributed by atoms with Crippen LogP contribution in [-0.2, 0) is 6.54 Å². The van der Waals surface area contributed by atoms with Gasteiger partial charge in [0.2, 0.25) is 5.89 Å². The van der Waals surface area contributed by atoms with Crippen LogP contribution in [0, 0.1) is 13.8 Å². The third-order valence-electron chi connectivity index (χ3n) is 2.99. The molecule has 0 aliphatic rings. The molecule has 1 aromatic heterocycles. The lowest BCUT2D eigenvalue weighted by Gasteiger charge is -2.15. The number of aromatic nitrogens is 2. The summed E-state index contributed by atoms with van der Waals surface area (Å²) in [5.41, 5.74) is 7.74. The topological polar surface area (TPSA) is 77.4 Å². The number of ether oxygens (including phenoxy) is 1. The van der Waals surface area contributed by atoms with E-state index in [-0.39, 0.29) is 6.54 Å². The molecular formula is C14H20N4O2. The largest absolute Gasteiger partial charge is 0.491 e. The van der Waals surface area contributed by atoms with E-state index in [9.17, 15) is 0 Å². The average Bonchev–Trinajstić information content (AvgIpc) is 2.91. The van der Waals surface area contributed by atoms with Crippen LogP contribution >= 0.6 is 0 Å². The van der Waals surface area contributed by atoms with E-state index < -0.39 is 0 Å². The summed E-state index contributed by atoms with van der Waals surface area (Å²) in [7, 11) is 1.88. The van der Waals surface area contributed by atoms with E-state index in [1.54, 1.807) is 0 Å². The fourth-order valence-electron chi connectivity index (χ4n) is 1.73. The summed E-state index contributed by atoms with van der Waals surface area (Å²) >= 11 is 0. The van der Waals surface area contributed by atoms with Gasteiger partial charge in [-0.15, -0.1) is 5.10 Å². The van der Waals surface area contributed by atoms with Crippen molar-refractivity contribution in [1.82, 2.24) is 10.2 Å². The van der Waals surface area contributed by atoms with Crippen LogP contribution < -0.4 is 15.4 Å². The van der Waals surface area contributed by atoms with Gasteiger partial charge in [-0.2, -0.15) is 0 Å². The summed E-state index contributed by atoms with van der Waals surface area (Å²) in [5.74, 6) is 1.34. The van der Waals surface area contributed by atoms with Crippen LogP contribution in [0.1, 0.15) is 17.0 Å². The summed E-state index contributed by atoms with van der Waals surface area (Å²) in [5, 5.41) is 7.74. The SMILES string of the molecule is Cc1ccc(C)c(OCCN(C)c2nnc(CN)o2)c1. The molecule has 0 radical (unpaired) electrons. The fraction of sp³-hybridized carbons (Fsp3) is 0.429. The van der Waals surface area contributed by atoms with Gasteiger partial charge in [-0.05, 0) is 31.0 Å². The lowest BCUT2D eigenvalue weighted by atomic mass is 10.1.